The maximum absolute atomic E-state index is 12.5. The summed E-state index contributed by atoms with van der Waals surface area (Å²) in [5.74, 6) is -0.909. The number of carbonyl (C=O) groups excluding carboxylic acids is 3. The van der Waals surface area contributed by atoms with Gasteiger partial charge < -0.3 is 19.8 Å². The number of benzene rings is 2. The van der Waals surface area contributed by atoms with E-state index in [1.165, 1.54) is 6.26 Å². The molecule has 0 radical (unpaired) electrons. The molecule has 4 aromatic rings. The second kappa shape index (κ2) is 9.97. The van der Waals surface area contributed by atoms with Crippen molar-refractivity contribution in [2.75, 3.05) is 10.6 Å². The van der Waals surface area contributed by atoms with Gasteiger partial charge in [0.15, 0.2) is 5.76 Å². The fourth-order valence-electron chi connectivity index (χ4n) is 3.02. The number of furan rings is 1. The van der Waals surface area contributed by atoms with E-state index >= 15 is 0 Å². The highest BCUT2D eigenvalue weighted by molar-refractivity contribution is 7.18. The minimum absolute atomic E-state index is 0.0604. The monoisotopic (exact) mass is 460 g/mol. The average molecular weight is 461 g/mol. The van der Waals surface area contributed by atoms with Gasteiger partial charge in [-0.25, -0.2) is 4.79 Å². The molecule has 166 valence electrons. The van der Waals surface area contributed by atoms with E-state index in [9.17, 15) is 14.4 Å². The van der Waals surface area contributed by atoms with Crippen LogP contribution < -0.4 is 10.6 Å². The van der Waals surface area contributed by atoms with Crippen molar-refractivity contribution in [3.63, 3.8) is 0 Å². The maximum atomic E-state index is 12.5. The van der Waals surface area contributed by atoms with Gasteiger partial charge in [0.25, 0.3) is 11.8 Å². The summed E-state index contributed by atoms with van der Waals surface area (Å²) in [5, 5.41) is 6.05. The molecule has 2 aromatic heterocycles. The zero-order chi connectivity index (χ0) is 23.2. The maximum Gasteiger partial charge on any atom is 0.348 e. The minimum atomic E-state index is -0.484. The number of para-hydroxylation sites is 1. The van der Waals surface area contributed by atoms with E-state index in [-0.39, 0.29) is 18.3 Å². The predicted molar refractivity (Wildman–Crippen MR) is 126 cm³/mol. The van der Waals surface area contributed by atoms with Crippen molar-refractivity contribution < 1.29 is 23.5 Å². The van der Waals surface area contributed by atoms with Gasteiger partial charge in [0, 0.05) is 11.3 Å². The van der Waals surface area contributed by atoms with Crippen LogP contribution in [0.4, 0.5) is 10.7 Å². The van der Waals surface area contributed by atoms with Gasteiger partial charge in [0.05, 0.1) is 11.3 Å². The van der Waals surface area contributed by atoms with E-state index in [0.717, 1.165) is 16.9 Å². The summed E-state index contributed by atoms with van der Waals surface area (Å²) in [7, 11) is 0. The number of aryl methyl sites for hydroxylation is 1. The Labute approximate surface area is 194 Å². The number of anilines is 2. The van der Waals surface area contributed by atoms with Gasteiger partial charge in [-0.1, -0.05) is 30.3 Å². The van der Waals surface area contributed by atoms with E-state index in [2.05, 4.69) is 10.6 Å². The summed E-state index contributed by atoms with van der Waals surface area (Å²) in [6.45, 7) is 1.83. The number of esters is 1. The number of nitrogens with one attached hydrogen (secondary N) is 2. The van der Waals surface area contributed by atoms with Crippen LogP contribution in [0.1, 0.15) is 41.7 Å². The molecule has 0 aliphatic heterocycles. The van der Waals surface area contributed by atoms with Crippen LogP contribution in [0, 0.1) is 6.92 Å². The van der Waals surface area contributed by atoms with Crippen LogP contribution in [-0.2, 0) is 11.3 Å². The molecular formula is C25H20N2O5S. The first-order valence-corrected chi connectivity index (χ1v) is 10.9. The van der Waals surface area contributed by atoms with Gasteiger partial charge >= 0.3 is 5.97 Å². The van der Waals surface area contributed by atoms with E-state index in [1.54, 1.807) is 49.4 Å². The molecule has 2 heterocycles. The second-order valence-corrected chi connectivity index (χ2v) is 8.20. The van der Waals surface area contributed by atoms with E-state index in [0.29, 0.717) is 26.7 Å². The van der Waals surface area contributed by atoms with Crippen LogP contribution in [0.3, 0.4) is 0 Å². The van der Waals surface area contributed by atoms with Gasteiger partial charge in [-0.3, -0.25) is 9.59 Å². The number of ether oxygens (including phenoxy) is 1. The predicted octanol–water partition coefficient (Wildman–Crippen LogP) is 5.51. The van der Waals surface area contributed by atoms with Crippen molar-refractivity contribution in [2.45, 2.75) is 13.5 Å². The fourth-order valence-corrected chi connectivity index (χ4v) is 3.98. The Morgan fingerprint density at radius 2 is 1.67 bits per heavy atom. The molecular weight excluding hydrogens is 440 g/mol. The van der Waals surface area contributed by atoms with Gasteiger partial charge in [-0.15, -0.1) is 11.3 Å². The van der Waals surface area contributed by atoms with E-state index in [4.69, 9.17) is 9.15 Å². The Kier molecular flexibility index (Phi) is 6.66. The highest BCUT2D eigenvalue weighted by Crippen LogP contribution is 2.28. The topological polar surface area (TPSA) is 97.6 Å². The van der Waals surface area contributed by atoms with Gasteiger partial charge in [-0.05, 0) is 60.5 Å². The molecule has 7 nitrogen and oxygen atoms in total. The molecule has 2 aromatic carbocycles. The average Bonchev–Trinajstić information content (AvgIpc) is 3.48. The molecule has 2 N–H and O–H groups in total. The normalized spacial score (nSPS) is 10.5. The third-order valence-electron chi connectivity index (χ3n) is 4.70. The van der Waals surface area contributed by atoms with Crippen molar-refractivity contribution in [1.29, 1.82) is 0 Å². The molecule has 4 rings (SSSR count). The van der Waals surface area contributed by atoms with Gasteiger partial charge in [0.1, 0.15) is 11.5 Å². The number of hydrogen-bond donors (Lipinski definition) is 2. The Morgan fingerprint density at radius 3 is 2.36 bits per heavy atom. The van der Waals surface area contributed by atoms with Crippen LogP contribution in [0.15, 0.2) is 83.5 Å². The molecule has 0 atom stereocenters. The summed E-state index contributed by atoms with van der Waals surface area (Å²) in [5.41, 5.74) is 2.67. The number of thiophene rings is 1. The zero-order valence-electron chi connectivity index (χ0n) is 17.7. The van der Waals surface area contributed by atoms with Crippen molar-refractivity contribution in [3.8, 4) is 0 Å². The molecule has 0 aliphatic carbocycles. The Balaban J connectivity index is 1.32. The lowest BCUT2D eigenvalue weighted by molar-refractivity contribution is 0.0477. The Morgan fingerprint density at radius 1 is 0.909 bits per heavy atom. The lowest BCUT2D eigenvalue weighted by atomic mass is 10.1. The largest absolute Gasteiger partial charge is 0.459 e. The van der Waals surface area contributed by atoms with Crippen molar-refractivity contribution in [2.24, 2.45) is 0 Å². The van der Waals surface area contributed by atoms with Crippen LogP contribution in [0.2, 0.25) is 0 Å². The Bertz CT molecular complexity index is 1260. The standard InChI is InChI=1S/C25H20N2O5S/c1-16-14-21(27-24(29)20-8-5-13-31-20)33-22(16)25(30)32-15-17-9-11-18(12-10-17)23(28)26-19-6-3-2-4-7-19/h2-14H,15H2,1H3,(H,26,28)(H,27,29). The molecule has 0 aliphatic rings. The highest BCUT2D eigenvalue weighted by Gasteiger charge is 2.18. The van der Waals surface area contributed by atoms with Crippen LogP contribution in [0.5, 0.6) is 0 Å². The van der Waals surface area contributed by atoms with Crippen LogP contribution >= 0.6 is 11.3 Å². The Hall–Kier alpha value is -4.17. The number of hydrogen-bond acceptors (Lipinski definition) is 6. The first kappa shape index (κ1) is 22.0. The lowest BCUT2D eigenvalue weighted by Gasteiger charge is -2.07. The summed E-state index contributed by atoms with van der Waals surface area (Å²) >= 11 is 1.13. The third-order valence-corrected chi connectivity index (χ3v) is 5.84. The van der Waals surface area contributed by atoms with Crippen molar-refractivity contribution >= 4 is 39.8 Å². The van der Waals surface area contributed by atoms with Gasteiger partial charge in [-0.2, -0.15) is 0 Å². The smallest absolute Gasteiger partial charge is 0.348 e. The molecule has 2 amide bonds. The summed E-state index contributed by atoms with van der Waals surface area (Å²) in [4.78, 5) is 37.4. The third kappa shape index (κ3) is 5.55. The molecule has 8 heteroatoms. The molecule has 0 fully saturated rings. The lowest BCUT2D eigenvalue weighted by Crippen LogP contribution is -2.11. The summed E-state index contributed by atoms with van der Waals surface area (Å²) < 4.78 is 10.5. The molecule has 33 heavy (non-hydrogen) atoms. The van der Waals surface area contributed by atoms with Crippen molar-refractivity contribution in [1.82, 2.24) is 0 Å². The van der Waals surface area contributed by atoms with E-state index in [1.807, 2.05) is 30.3 Å². The minimum Gasteiger partial charge on any atom is -0.459 e. The summed E-state index contributed by atoms with van der Waals surface area (Å²) in [6.07, 6.45) is 1.42. The van der Waals surface area contributed by atoms with E-state index < -0.39 is 11.9 Å². The van der Waals surface area contributed by atoms with Crippen LogP contribution in [0.25, 0.3) is 0 Å². The first-order chi connectivity index (χ1) is 16.0. The number of amides is 2. The highest BCUT2D eigenvalue weighted by atomic mass is 32.1. The SMILES string of the molecule is Cc1cc(NC(=O)c2ccco2)sc1C(=O)OCc1ccc(C(=O)Nc2ccccc2)cc1. The molecule has 0 bridgehead atoms. The molecule has 0 saturated carbocycles. The van der Waals surface area contributed by atoms with Gasteiger partial charge in [0.2, 0.25) is 0 Å². The van der Waals surface area contributed by atoms with Crippen molar-refractivity contribution in [3.05, 3.63) is 106 Å². The zero-order valence-corrected chi connectivity index (χ0v) is 18.5. The molecule has 0 unspecified atom stereocenters. The fraction of sp³-hybridized carbons (Fsp3) is 0.0800. The van der Waals surface area contributed by atoms with Crippen LogP contribution in [-0.4, -0.2) is 17.8 Å². The summed E-state index contributed by atoms with van der Waals surface area (Å²) in [6, 6.07) is 20.9. The quantitative estimate of drug-likeness (QED) is 0.354. The number of rotatable bonds is 7. The second-order valence-electron chi connectivity index (χ2n) is 7.15. The number of carbonyl (C=O) groups is 3. The first-order valence-electron chi connectivity index (χ1n) is 10.1. The molecule has 0 spiro atoms. The molecule has 0 saturated heterocycles.